The molecule has 1 atom stereocenters. The van der Waals surface area contributed by atoms with E-state index >= 15 is 0 Å². The molecule has 0 bridgehead atoms. The van der Waals surface area contributed by atoms with Gasteiger partial charge in [-0.15, -0.1) is 0 Å². The number of amides is 2. The number of anilines is 1. The topological polar surface area (TPSA) is 67.6 Å². The highest BCUT2D eigenvalue weighted by Crippen LogP contribution is 2.26. The zero-order valence-corrected chi connectivity index (χ0v) is 15.3. The van der Waals surface area contributed by atoms with Gasteiger partial charge in [0, 0.05) is 17.8 Å². The van der Waals surface area contributed by atoms with Crippen LogP contribution in [0.4, 0.5) is 10.5 Å². The molecule has 2 amide bonds. The Bertz CT molecular complexity index is 771. The van der Waals surface area contributed by atoms with Crippen LogP contribution in [-0.4, -0.2) is 41.2 Å². The number of aromatic nitrogens is 1. The molecule has 0 spiro atoms. The van der Waals surface area contributed by atoms with Crippen molar-refractivity contribution >= 4 is 11.7 Å². The van der Waals surface area contributed by atoms with Crippen molar-refractivity contribution in [2.45, 2.75) is 39.7 Å². The first-order valence-electron chi connectivity index (χ1n) is 8.63. The van der Waals surface area contributed by atoms with E-state index in [0.717, 1.165) is 28.9 Å². The number of oxazole rings is 1. The van der Waals surface area contributed by atoms with Crippen LogP contribution in [0.3, 0.4) is 0 Å². The number of nitrogens with one attached hydrogen (secondary N) is 1. The number of carbonyl (C=O) groups is 1. The van der Waals surface area contributed by atoms with Gasteiger partial charge in [0.25, 0.3) is 0 Å². The van der Waals surface area contributed by atoms with Crippen LogP contribution in [0.2, 0.25) is 0 Å². The van der Waals surface area contributed by atoms with Gasteiger partial charge >= 0.3 is 6.03 Å². The molecule has 6 heteroatoms. The molecule has 2 heterocycles. The molecule has 1 saturated heterocycles. The molecule has 2 aromatic rings. The van der Waals surface area contributed by atoms with Gasteiger partial charge in [-0.2, -0.15) is 0 Å². The summed E-state index contributed by atoms with van der Waals surface area (Å²) in [5.41, 5.74) is 3.15. The average Bonchev–Trinajstić information content (AvgIpc) is 3.03. The van der Waals surface area contributed by atoms with E-state index in [4.69, 9.17) is 9.15 Å². The summed E-state index contributed by atoms with van der Waals surface area (Å²) < 4.78 is 11.3. The van der Waals surface area contributed by atoms with Crippen LogP contribution in [0, 0.1) is 13.8 Å². The molecule has 1 N–H and O–H groups in total. The third kappa shape index (κ3) is 3.85. The number of hydrogen-bond donors (Lipinski definition) is 1. The summed E-state index contributed by atoms with van der Waals surface area (Å²) in [6, 6.07) is 5.70. The van der Waals surface area contributed by atoms with Gasteiger partial charge in [-0.1, -0.05) is 13.0 Å². The summed E-state index contributed by atoms with van der Waals surface area (Å²) >= 11 is 0. The summed E-state index contributed by atoms with van der Waals surface area (Å²) in [5.74, 6) is 0.554. The molecule has 1 aromatic heterocycles. The predicted molar refractivity (Wildman–Crippen MR) is 96.7 cm³/mol. The monoisotopic (exact) mass is 343 g/mol. The van der Waals surface area contributed by atoms with Crippen LogP contribution in [0.1, 0.15) is 31.5 Å². The minimum absolute atomic E-state index is 0.105. The molecule has 0 radical (unpaired) electrons. The number of urea groups is 1. The largest absolute Gasteiger partial charge is 0.444 e. The average molecular weight is 343 g/mol. The number of nitrogens with zero attached hydrogens (tertiary/aromatic N) is 2. The van der Waals surface area contributed by atoms with Crippen LogP contribution in [0.15, 0.2) is 28.9 Å². The highest BCUT2D eigenvalue weighted by atomic mass is 16.5. The normalized spacial score (nSPS) is 20.6. The van der Waals surface area contributed by atoms with E-state index in [1.807, 2.05) is 43.9 Å². The van der Waals surface area contributed by atoms with Crippen molar-refractivity contribution in [3.63, 3.8) is 0 Å². The lowest BCUT2D eigenvalue weighted by molar-refractivity contribution is -0.0860. The quantitative estimate of drug-likeness (QED) is 0.915. The van der Waals surface area contributed by atoms with Gasteiger partial charge in [-0.3, -0.25) is 0 Å². The Morgan fingerprint density at radius 2 is 2.20 bits per heavy atom. The molecular formula is C19H25N3O3. The summed E-state index contributed by atoms with van der Waals surface area (Å²) in [4.78, 5) is 18.9. The zero-order valence-electron chi connectivity index (χ0n) is 15.3. The van der Waals surface area contributed by atoms with Crippen molar-refractivity contribution in [1.82, 2.24) is 9.88 Å². The number of hydrogen-bond acceptors (Lipinski definition) is 4. The van der Waals surface area contributed by atoms with Crippen molar-refractivity contribution in [3.8, 4) is 11.5 Å². The first kappa shape index (κ1) is 17.5. The fourth-order valence-electron chi connectivity index (χ4n) is 2.89. The standard InChI is InChI=1S/C19H25N3O3/c1-5-19(4)12-22(8-9-25-19)18(23)21-16-10-15(7-6-13(16)2)17-20-14(3)11-24-17/h6-7,10-11H,5,8-9,12H2,1-4H3,(H,21,23)/t19-/m0/s1. The van der Waals surface area contributed by atoms with Crippen molar-refractivity contribution in [2.75, 3.05) is 25.0 Å². The fraction of sp³-hybridized carbons (Fsp3) is 0.474. The second kappa shape index (κ2) is 6.88. The van der Waals surface area contributed by atoms with Crippen LogP contribution in [0.25, 0.3) is 11.5 Å². The SMILES string of the molecule is CC[C@@]1(C)CN(C(=O)Nc2cc(-c3nc(C)co3)ccc2C)CCO1. The number of benzene rings is 1. The molecule has 1 aliphatic heterocycles. The molecule has 6 nitrogen and oxygen atoms in total. The number of rotatable bonds is 3. The lowest BCUT2D eigenvalue weighted by atomic mass is 10.0. The maximum Gasteiger partial charge on any atom is 0.322 e. The highest BCUT2D eigenvalue weighted by molar-refractivity contribution is 5.91. The first-order valence-corrected chi connectivity index (χ1v) is 8.63. The van der Waals surface area contributed by atoms with E-state index in [-0.39, 0.29) is 11.6 Å². The number of morpholine rings is 1. The Hall–Kier alpha value is -2.34. The third-order valence-electron chi connectivity index (χ3n) is 4.72. The molecule has 0 unspecified atom stereocenters. The molecule has 0 aliphatic carbocycles. The number of aryl methyl sites for hydroxylation is 2. The van der Waals surface area contributed by atoms with Gasteiger partial charge in [0.15, 0.2) is 0 Å². The van der Waals surface area contributed by atoms with Crippen LogP contribution >= 0.6 is 0 Å². The molecule has 1 aromatic carbocycles. The van der Waals surface area contributed by atoms with Crippen LogP contribution in [-0.2, 0) is 4.74 Å². The summed E-state index contributed by atoms with van der Waals surface area (Å²) in [5, 5.41) is 3.02. The smallest absolute Gasteiger partial charge is 0.322 e. The van der Waals surface area contributed by atoms with E-state index in [1.165, 1.54) is 0 Å². The summed E-state index contributed by atoms with van der Waals surface area (Å²) in [6.07, 6.45) is 2.49. The number of ether oxygens (including phenoxy) is 1. The Kier molecular flexibility index (Phi) is 4.81. The zero-order chi connectivity index (χ0) is 18.0. The van der Waals surface area contributed by atoms with Gasteiger partial charge in [0.2, 0.25) is 5.89 Å². The maximum absolute atomic E-state index is 12.7. The Morgan fingerprint density at radius 1 is 1.40 bits per heavy atom. The van der Waals surface area contributed by atoms with Gasteiger partial charge in [0.05, 0.1) is 24.4 Å². The number of carbonyl (C=O) groups excluding carboxylic acids is 1. The lowest BCUT2D eigenvalue weighted by Crippen LogP contribution is -2.53. The molecule has 3 rings (SSSR count). The van der Waals surface area contributed by atoms with Gasteiger partial charge < -0.3 is 19.4 Å². The summed E-state index contributed by atoms with van der Waals surface area (Å²) in [7, 11) is 0. The molecule has 1 fully saturated rings. The maximum atomic E-state index is 12.7. The second-order valence-corrected chi connectivity index (χ2v) is 6.83. The summed E-state index contributed by atoms with van der Waals surface area (Å²) in [6.45, 7) is 9.72. The Balaban J connectivity index is 1.77. The van der Waals surface area contributed by atoms with Gasteiger partial charge in [-0.25, -0.2) is 9.78 Å². The van der Waals surface area contributed by atoms with Gasteiger partial charge in [-0.05, 0) is 44.9 Å². The molecule has 134 valence electrons. The van der Waals surface area contributed by atoms with Crippen molar-refractivity contribution in [2.24, 2.45) is 0 Å². The van der Waals surface area contributed by atoms with E-state index in [9.17, 15) is 4.79 Å². The van der Waals surface area contributed by atoms with E-state index in [1.54, 1.807) is 6.26 Å². The van der Waals surface area contributed by atoms with E-state index < -0.39 is 0 Å². The highest BCUT2D eigenvalue weighted by Gasteiger charge is 2.32. The molecule has 0 saturated carbocycles. The molecule has 1 aliphatic rings. The minimum Gasteiger partial charge on any atom is -0.444 e. The van der Waals surface area contributed by atoms with Crippen molar-refractivity contribution < 1.29 is 13.9 Å². The van der Waals surface area contributed by atoms with Crippen molar-refractivity contribution in [1.29, 1.82) is 0 Å². The fourth-order valence-corrected chi connectivity index (χ4v) is 2.89. The Labute approximate surface area is 148 Å². The van der Waals surface area contributed by atoms with Crippen molar-refractivity contribution in [3.05, 3.63) is 35.7 Å². The van der Waals surface area contributed by atoms with Crippen LogP contribution < -0.4 is 5.32 Å². The third-order valence-corrected chi connectivity index (χ3v) is 4.72. The van der Waals surface area contributed by atoms with E-state index in [2.05, 4.69) is 17.2 Å². The first-order chi connectivity index (χ1) is 11.9. The molecule has 25 heavy (non-hydrogen) atoms. The molecular weight excluding hydrogens is 318 g/mol. The van der Waals surface area contributed by atoms with E-state index in [0.29, 0.717) is 25.6 Å². The second-order valence-electron chi connectivity index (χ2n) is 6.83. The predicted octanol–water partition coefficient (Wildman–Crippen LogP) is 3.99. The van der Waals surface area contributed by atoms with Gasteiger partial charge in [0.1, 0.15) is 6.26 Å². The Morgan fingerprint density at radius 3 is 2.88 bits per heavy atom. The minimum atomic E-state index is -0.276. The lowest BCUT2D eigenvalue weighted by Gasteiger charge is -2.40. The van der Waals surface area contributed by atoms with Crippen LogP contribution in [0.5, 0.6) is 0 Å².